The summed E-state index contributed by atoms with van der Waals surface area (Å²) >= 11 is 0. The number of benzene rings is 1. The van der Waals surface area contributed by atoms with E-state index >= 15 is 0 Å². The molecule has 3 N–H and O–H groups in total. The molecule has 10 heteroatoms. The van der Waals surface area contributed by atoms with Crippen molar-refractivity contribution in [2.24, 2.45) is 5.73 Å². The number of anilines is 1. The van der Waals surface area contributed by atoms with Gasteiger partial charge in [0.1, 0.15) is 5.56 Å². The highest BCUT2D eigenvalue weighted by Gasteiger charge is 2.41. The lowest BCUT2D eigenvalue weighted by molar-refractivity contribution is -0.143. The molecule has 0 aliphatic heterocycles. The molecular formula is C16H17F3N4O3. The van der Waals surface area contributed by atoms with Gasteiger partial charge in [-0.1, -0.05) is 0 Å². The van der Waals surface area contributed by atoms with Crippen LogP contribution in [0.2, 0.25) is 0 Å². The average molecular weight is 370 g/mol. The summed E-state index contributed by atoms with van der Waals surface area (Å²) in [6.45, 7) is 1.62. The van der Waals surface area contributed by atoms with Crippen molar-refractivity contribution in [1.29, 1.82) is 0 Å². The van der Waals surface area contributed by atoms with Crippen molar-refractivity contribution in [1.82, 2.24) is 9.78 Å². The van der Waals surface area contributed by atoms with Crippen molar-refractivity contribution >= 4 is 17.6 Å². The topological polar surface area (TPSA) is 99.2 Å². The monoisotopic (exact) mass is 370 g/mol. The molecule has 2 rings (SSSR count). The van der Waals surface area contributed by atoms with Gasteiger partial charge in [0, 0.05) is 18.7 Å². The maximum Gasteiger partial charge on any atom is 0.434 e. The van der Waals surface area contributed by atoms with Gasteiger partial charge in [-0.05, 0) is 31.2 Å². The molecule has 0 saturated carbocycles. The zero-order valence-corrected chi connectivity index (χ0v) is 13.8. The lowest BCUT2D eigenvalue weighted by Gasteiger charge is -2.13. The Bertz CT molecular complexity index is 785. The number of carbonyl (C=O) groups is 2. The third-order valence-corrected chi connectivity index (χ3v) is 3.30. The fraction of sp³-hybridized carbons (Fsp3) is 0.312. The Morgan fingerprint density at radius 2 is 1.92 bits per heavy atom. The minimum Gasteiger partial charge on any atom is -0.462 e. The molecule has 0 aliphatic rings. The van der Waals surface area contributed by atoms with Gasteiger partial charge in [-0.3, -0.25) is 4.79 Å². The second-order valence-corrected chi connectivity index (χ2v) is 5.17. The van der Waals surface area contributed by atoms with E-state index in [2.05, 4.69) is 15.2 Å². The van der Waals surface area contributed by atoms with Crippen LogP contribution in [0.15, 0.2) is 30.5 Å². The number of esters is 1. The summed E-state index contributed by atoms with van der Waals surface area (Å²) in [7, 11) is 0. The number of nitrogens with one attached hydrogen (secondary N) is 1. The fourth-order valence-electron chi connectivity index (χ4n) is 2.22. The first-order valence-corrected chi connectivity index (χ1v) is 7.70. The molecule has 1 aromatic carbocycles. The van der Waals surface area contributed by atoms with Crippen molar-refractivity contribution in [2.45, 2.75) is 19.5 Å². The van der Waals surface area contributed by atoms with Gasteiger partial charge < -0.3 is 15.8 Å². The van der Waals surface area contributed by atoms with Crippen molar-refractivity contribution < 1.29 is 27.5 Å². The molecule has 0 aliphatic carbocycles. The predicted molar refractivity (Wildman–Crippen MR) is 86.8 cm³/mol. The standard InChI is InChI=1S/C16H17F3N4O3/c1-2-26-15(25)12-9-21-23(14(12)16(17,18)19)11-5-3-10(4-6-11)22-13(24)7-8-20/h3-6,9H,2,7-8,20H2,1H3,(H,22,24). The van der Waals surface area contributed by atoms with Gasteiger partial charge in [-0.2, -0.15) is 18.3 Å². The maximum absolute atomic E-state index is 13.4. The highest BCUT2D eigenvalue weighted by molar-refractivity contribution is 5.91. The van der Waals surface area contributed by atoms with Crippen LogP contribution in [0.25, 0.3) is 5.69 Å². The lowest BCUT2D eigenvalue weighted by atomic mass is 10.2. The van der Waals surface area contributed by atoms with Crippen LogP contribution in [-0.4, -0.2) is 34.8 Å². The Hall–Kier alpha value is -2.88. The first-order chi connectivity index (χ1) is 12.3. The van der Waals surface area contributed by atoms with Crippen LogP contribution >= 0.6 is 0 Å². The first-order valence-electron chi connectivity index (χ1n) is 7.70. The normalized spacial score (nSPS) is 11.3. The molecule has 1 amide bonds. The molecule has 0 radical (unpaired) electrons. The van der Waals surface area contributed by atoms with Crippen LogP contribution in [0, 0.1) is 0 Å². The minimum atomic E-state index is -4.81. The Kier molecular flexibility index (Phi) is 5.98. The molecule has 26 heavy (non-hydrogen) atoms. The van der Waals surface area contributed by atoms with Crippen LogP contribution in [0.3, 0.4) is 0 Å². The van der Waals surface area contributed by atoms with Crippen LogP contribution < -0.4 is 11.1 Å². The minimum absolute atomic E-state index is 0.0570. The number of halogens is 3. The third kappa shape index (κ3) is 4.39. The zero-order chi connectivity index (χ0) is 19.3. The average Bonchev–Trinajstić information content (AvgIpc) is 3.01. The second kappa shape index (κ2) is 8.00. The van der Waals surface area contributed by atoms with E-state index in [0.717, 1.165) is 6.20 Å². The molecule has 0 atom stereocenters. The molecule has 0 fully saturated rings. The number of rotatable bonds is 6. The van der Waals surface area contributed by atoms with Crippen LogP contribution in [-0.2, 0) is 15.7 Å². The van der Waals surface area contributed by atoms with Crippen LogP contribution in [0.5, 0.6) is 0 Å². The SMILES string of the molecule is CCOC(=O)c1cnn(-c2ccc(NC(=O)CCN)cc2)c1C(F)(F)F. The molecule has 0 unspecified atom stereocenters. The Morgan fingerprint density at radius 1 is 1.27 bits per heavy atom. The van der Waals surface area contributed by atoms with Crippen LogP contribution in [0.1, 0.15) is 29.4 Å². The van der Waals surface area contributed by atoms with E-state index in [9.17, 15) is 22.8 Å². The quantitative estimate of drug-likeness (QED) is 0.761. The number of hydrogen-bond acceptors (Lipinski definition) is 5. The van der Waals surface area contributed by atoms with Crippen molar-refractivity contribution in [3.05, 3.63) is 41.7 Å². The van der Waals surface area contributed by atoms with Crippen LogP contribution in [0.4, 0.5) is 18.9 Å². The number of amides is 1. The molecular weight excluding hydrogens is 353 g/mol. The van der Waals surface area contributed by atoms with Gasteiger partial charge in [-0.25, -0.2) is 9.48 Å². The van der Waals surface area contributed by atoms with Gasteiger partial charge in [-0.15, -0.1) is 0 Å². The number of nitrogens with two attached hydrogens (primary N) is 1. The molecule has 1 heterocycles. The van der Waals surface area contributed by atoms with Gasteiger partial charge in [0.2, 0.25) is 5.91 Å². The van der Waals surface area contributed by atoms with Crippen molar-refractivity contribution in [3.63, 3.8) is 0 Å². The number of hydrogen-bond donors (Lipinski definition) is 2. The number of aromatic nitrogens is 2. The largest absolute Gasteiger partial charge is 0.462 e. The molecule has 0 spiro atoms. The van der Waals surface area contributed by atoms with E-state index in [1.54, 1.807) is 0 Å². The van der Waals surface area contributed by atoms with Crippen molar-refractivity contribution in [2.75, 3.05) is 18.5 Å². The molecule has 2 aromatic rings. The summed E-state index contributed by atoms with van der Waals surface area (Å²) in [5.41, 5.74) is 3.85. The van der Waals surface area contributed by atoms with Gasteiger partial charge in [0.05, 0.1) is 18.5 Å². The Morgan fingerprint density at radius 3 is 2.46 bits per heavy atom. The third-order valence-electron chi connectivity index (χ3n) is 3.30. The molecule has 0 saturated heterocycles. The maximum atomic E-state index is 13.4. The highest BCUT2D eigenvalue weighted by Crippen LogP contribution is 2.34. The van der Waals surface area contributed by atoms with Gasteiger partial charge in [0.15, 0.2) is 5.69 Å². The summed E-state index contributed by atoms with van der Waals surface area (Å²) < 4.78 is 45.5. The summed E-state index contributed by atoms with van der Waals surface area (Å²) in [5.74, 6) is -1.41. The summed E-state index contributed by atoms with van der Waals surface area (Å²) in [5, 5.41) is 6.23. The Balaban J connectivity index is 2.36. The highest BCUT2D eigenvalue weighted by atomic mass is 19.4. The van der Waals surface area contributed by atoms with E-state index in [1.165, 1.54) is 31.2 Å². The second-order valence-electron chi connectivity index (χ2n) is 5.17. The smallest absolute Gasteiger partial charge is 0.434 e. The van der Waals surface area contributed by atoms with Crippen molar-refractivity contribution in [3.8, 4) is 5.69 Å². The summed E-state index contributed by atoms with van der Waals surface area (Å²) in [6.07, 6.45) is -3.87. The predicted octanol–water partition coefficient (Wildman–Crippen LogP) is 2.36. The van der Waals surface area contributed by atoms with E-state index in [1.807, 2.05) is 0 Å². The lowest BCUT2D eigenvalue weighted by Crippen LogP contribution is -2.18. The molecule has 1 aromatic heterocycles. The fourth-order valence-corrected chi connectivity index (χ4v) is 2.22. The van der Waals surface area contributed by atoms with E-state index in [-0.39, 0.29) is 31.2 Å². The molecule has 0 bridgehead atoms. The van der Waals surface area contributed by atoms with Gasteiger partial charge in [0.25, 0.3) is 0 Å². The summed E-state index contributed by atoms with van der Waals surface area (Å²) in [6, 6.07) is 5.54. The zero-order valence-electron chi connectivity index (χ0n) is 13.8. The Labute approximate surface area is 146 Å². The molecule has 140 valence electrons. The molecule has 7 nitrogen and oxygen atoms in total. The number of carbonyl (C=O) groups excluding carboxylic acids is 2. The summed E-state index contributed by atoms with van der Waals surface area (Å²) in [4.78, 5) is 23.2. The first kappa shape index (κ1) is 19.4. The van der Waals surface area contributed by atoms with E-state index in [4.69, 9.17) is 5.73 Å². The number of ether oxygens (including phenoxy) is 1. The van der Waals surface area contributed by atoms with Gasteiger partial charge >= 0.3 is 12.1 Å². The van der Waals surface area contributed by atoms with E-state index < -0.39 is 23.4 Å². The van der Waals surface area contributed by atoms with E-state index in [0.29, 0.717) is 10.4 Å². The number of nitrogens with zero attached hydrogens (tertiary/aromatic N) is 2. The number of alkyl halides is 3.